The van der Waals surface area contributed by atoms with E-state index in [4.69, 9.17) is 11.6 Å². The lowest BCUT2D eigenvalue weighted by Gasteiger charge is -2.06. The molecule has 3 aromatic rings. The average Bonchev–Trinajstić information content (AvgIpc) is 2.90. The van der Waals surface area contributed by atoms with Crippen LogP contribution in [0.5, 0.6) is 0 Å². The van der Waals surface area contributed by atoms with Crippen molar-refractivity contribution in [1.82, 2.24) is 19.7 Å². The Bertz CT molecular complexity index is 835. The molecule has 0 aliphatic carbocycles. The predicted octanol–water partition coefficient (Wildman–Crippen LogP) is 2.75. The fourth-order valence-electron chi connectivity index (χ4n) is 1.94. The van der Waals surface area contributed by atoms with E-state index in [2.05, 4.69) is 20.4 Å². The highest BCUT2D eigenvalue weighted by Gasteiger charge is 2.11. The fourth-order valence-corrected chi connectivity index (χ4v) is 2.88. The SMILES string of the molecule is Cn1ncc2c(SCC(=O)Nc3ccccc3Cl)ncnc21. The Labute approximate surface area is 135 Å². The number of carbonyl (C=O) groups is 1. The summed E-state index contributed by atoms with van der Waals surface area (Å²) >= 11 is 7.35. The molecule has 3 rings (SSSR count). The van der Waals surface area contributed by atoms with Crippen LogP contribution in [0.4, 0.5) is 5.69 Å². The molecule has 0 spiro atoms. The predicted molar refractivity (Wildman–Crippen MR) is 87.1 cm³/mol. The second-order valence-corrected chi connectivity index (χ2v) is 5.87. The number of aromatic nitrogens is 4. The number of thioether (sulfide) groups is 1. The second-order valence-electron chi connectivity index (χ2n) is 4.50. The standard InChI is InChI=1S/C14H12ClN5OS/c1-20-13-9(6-18-20)14(17-8-16-13)22-7-12(21)19-11-5-3-2-4-10(11)15/h2-6,8H,7H2,1H3,(H,19,21). The maximum atomic E-state index is 12.0. The smallest absolute Gasteiger partial charge is 0.234 e. The molecule has 2 heterocycles. The molecule has 0 unspecified atom stereocenters. The van der Waals surface area contributed by atoms with Crippen molar-refractivity contribution in [2.45, 2.75) is 5.03 Å². The van der Waals surface area contributed by atoms with Crippen LogP contribution in [0, 0.1) is 0 Å². The Kier molecular flexibility index (Phi) is 4.26. The molecule has 0 saturated carbocycles. The molecule has 0 aliphatic heterocycles. The highest BCUT2D eigenvalue weighted by Crippen LogP contribution is 2.25. The van der Waals surface area contributed by atoms with Crippen molar-refractivity contribution in [1.29, 1.82) is 0 Å². The van der Waals surface area contributed by atoms with Crippen molar-refractivity contribution in [3.63, 3.8) is 0 Å². The van der Waals surface area contributed by atoms with E-state index in [-0.39, 0.29) is 11.7 Å². The third-order valence-electron chi connectivity index (χ3n) is 2.98. The third-order valence-corrected chi connectivity index (χ3v) is 4.32. The van der Waals surface area contributed by atoms with E-state index in [0.29, 0.717) is 10.7 Å². The molecule has 6 nitrogen and oxygen atoms in total. The zero-order chi connectivity index (χ0) is 15.5. The molecule has 0 radical (unpaired) electrons. The van der Waals surface area contributed by atoms with Crippen LogP contribution >= 0.6 is 23.4 Å². The molecule has 1 aromatic carbocycles. The normalized spacial score (nSPS) is 10.8. The van der Waals surface area contributed by atoms with Crippen molar-refractivity contribution in [3.05, 3.63) is 41.8 Å². The first kappa shape index (κ1) is 14.8. The molecule has 0 bridgehead atoms. The summed E-state index contributed by atoms with van der Waals surface area (Å²) < 4.78 is 1.67. The largest absolute Gasteiger partial charge is 0.324 e. The topological polar surface area (TPSA) is 72.7 Å². The molecule has 1 amide bonds. The number of carbonyl (C=O) groups excluding carboxylic acids is 1. The Morgan fingerprint density at radius 2 is 2.18 bits per heavy atom. The molecule has 8 heteroatoms. The number of rotatable bonds is 4. The number of nitrogens with zero attached hydrogens (tertiary/aromatic N) is 4. The summed E-state index contributed by atoms with van der Waals surface area (Å²) in [4.78, 5) is 20.4. The number of aryl methyl sites for hydroxylation is 1. The zero-order valence-electron chi connectivity index (χ0n) is 11.7. The van der Waals surface area contributed by atoms with Crippen molar-refractivity contribution in [2.24, 2.45) is 7.05 Å². The Hall–Kier alpha value is -2.12. The lowest BCUT2D eigenvalue weighted by molar-refractivity contribution is -0.113. The van der Waals surface area contributed by atoms with Gasteiger partial charge in [-0.25, -0.2) is 9.97 Å². The van der Waals surface area contributed by atoms with Crippen LogP contribution in [0.3, 0.4) is 0 Å². The lowest BCUT2D eigenvalue weighted by Crippen LogP contribution is -2.14. The minimum absolute atomic E-state index is 0.145. The number of hydrogen-bond acceptors (Lipinski definition) is 5. The van der Waals surface area contributed by atoms with Crippen LogP contribution in [-0.4, -0.2) is 31.4 Å². The molecule has 0 saturated heterocycles. The van der Waals surface area contributed by atoms with Gasteiger partial charge in [-0.1, -0.05) is 35.5 Å². The molecule has 0 fully saturated rings. The van der Waals surface area contributed by atoms with E-state index in [1.165, 1.54) is 18.1 Å². The second kappa shape index (κ2) is 6.33. The van der Waals surface area contributed by atoms with E-state index in [9.17, 15) is 4.79 Å². The average molecular weight is 334 g/mol. The van der Waals surface area contributed by atoms with E-state index < -0.39 is 0 Å². The first-order chi connectivity index (χ1) is 10.6. The van der Waals surface area contributed by atoms with E-state index in [1.54, 1.807) is 23.0 Å². The number of amides is 1. The van der Waals surface area contributed by atoms with Crippen molar-refractivity contribution in [2.75, 3.05) is 11.1 Å². The number of hydrogen-bond donors (Lipinski definition) is 1. The molecular weight excluding hydrogens is 322 g/mol. The van der Waals surface area contributed by atoms with E-state index in [1.807, 2.05) is 19.2 Å². The van der Waals surface area contributed by atoms with Gasteiger partial charge in [0, 0.05) is 7.05 Å². The summed E-state index contributed by atoms with van der Waals surface area (Å²) in [6.45, 7) is 0. The molecule has 112 valence electrons. The van der Waals surface area contributed by atoms with Gasteiger partial charge >= 0.3 is 0 Å². The summed E-state index contributed by atoms with van der Waals surface area (Å²) in [5, 5.41) is 9.00. The number of anilines is 1. The van der Waals surface area contributed by atoms with Gasteiger partial charge in [0.25, 0.3) is 0 Å². The molecule has 0 aliphatic rings. The van der Waals surface area contributed by atoms with Gasteiger partial charge in [0.05, 0.1) is 28.0 Å². The minimum atomic E-state index is -0.145. The van der Waals surface area contributed by atoms with Gasteiger partial charge < -0.3 is 5.32 Å². The van der Waals surface area contributed by atoms with E-state index >= 15 is 0 Å². The Morgan fingerprint density at radius 1 is 1.36 bits per heavy atom. The molecule has 1 N–H and O–H groups in total. The first-order valence-electron chi connectivity index (χ1n) is 6.45. The van der Waals surface area contributed by atoms with E-state index in [0.717, 1.165) is 16.1 Å². The van der Waals surface area contributed by atoms with Gasteiger partial charge in [-0.2, -0.15) is 5.10 Å². The van der Waals surface area contributed by atoms with Crippen LogP contribution in [0.2, 0.25) is 5.02 Å². The molecular formula is C14H12ClN5OS. The monoisotopic (exact) mass is 333 g/mol. The summed E-state index contributed by atoms with van der Waals surface area (Å²) in [7, 11) is 1.81. The van der Waals surface area contributed by atoms with Crippen LogP contribution in [-0.2, 0) is 11.8 Å². The number of fused-ring (bicyclic) bond motifs is 1. The van der Waals surface area contributed by atoms with Gasteiger partial charge in [-0.3, -0.25) is 9.48 Å². The summed E-state index contributed by atoms with van der Waals surface area (Å²) in [6, 6.07) is 7.12. The van der Waals surface area contributed by atoms with Crippen LogP contribution in [0.25, 0.3) is 11.0 Å². The van der Waals surface area contributed by atoms with Crippen LogP contribution in [0.1, 0.15) is 0 Å². The lowest BCUT2D eigenvalue weighted by atomic mass is 10.3. The molecule has 0 atom stereocenters. The minimum Gasteiger partial charge on any atom is -0.324 e. The van der Waals surface area contributed by atoms with Gasteiger partial charge in [0.1, 0.15) is 11.4 Å². The van der Waals surface area contributed by atoms with Crippen molar-refractivity contribution in [3.8, 4) is 0 Å². The Balaban J connectivity index is 1.69. The number of nitrogens with one attached hydrogen (secondary N) is 1. The summed E-state index contributed by atoms with van der Waals surface area (Å²) in [6.07, 6.45) is 3.17. The van der Waals surface area contributed by atoms with Gasteiger partial charge in [-0.15, -0.1) is 0 Å². The molecule has 2 aromatic heterocycles. The summed E-state index contributed by atoms with van der Waals surface area (Å²) in [5.74, 6) is 0.0837. The summed E-state index contributed by atoms with van der Waals surface area (Å²) in [5.41, 5.74) is 1.34. The molecule has 22 heavy (non-hydrogen) atoms. The van der Waals surface area contributed by atoms with Crippen molar-refractivity contribution >= 4 is 46.0 Å². The van der Waals surface area contributed by atoms with Gasteiger partial charge in [0.2, 0.25) is 5.91 Å². The highest BCUT2D eigenvalue weighted by atomic mass is 35.5. The first-order valence-corrected chi connectivity index (χ1v) is 7.81. The highest BCUT2D eigenvalue weighted by molar-refractivity contribution is 8.00. The van der Waals surface area contributed by atoms with Crippen molar-refractivity contribution < 1.29 is 4.79 Å². The fraction of sp³-hybridized carbons (Fsp3) is 0.143. The number of para-hydroxylation sites is 1. The number of benzene rings is 1. The maximum absolute atomic E-state index is 12.0. The quantitative estimate of drug-likeness (QED) is 0.587. The van der Waals surface area contributed by atoms with Gasteiger partial charge in [-0.05, 0) is 12.1 Å². The van der Waals surface area contributed by atoms with Gasteiger partial charge in [0.15, 0.2) is 5.65 Å². The van der Waals surface area contributed by atoms with Crippen LogP contribution < -0.4 is 5.32 Å². The maximum Gasteiger partial charge on any atom is 0.234 e. The Morgan fingerprint density at radius 3 is 3.00 bits per heavy atom. The van der Waals surface area contributed by atoms with Crippen LogP contribution in [0.15, 0.2) is 41.8 Å². The number of halogens is 1. The zero-order valence-corrected chi connectivity index (χ0v) is 13.2. The third kappa shape index (κ3) is 3.05.